The van der Waals surface area contributed by atoms with E-state index in [-0.39, 0.29) is 0 Å². The second kappa shape index (κ2) is 19.0. The van der Waals surface area contributed by atoms with Gasteiger partial charge in [0.1, 0.15) is 0 Å². The molecule has 146 valence electrons. The summed E-state index contributed by atoms with van der Waals surface area (Å²) in [5, 5.41) is 0. The maximum Gasteiger partial charge on any atom is 0.516 e. The van der Waals surface area contributed by atoms with Crippen LogP contribution in [0.2, 0.25) is 0 Å². The smallest absolute Gasteiger partial charge is 0.434 e. The Morgan fingerprint density at radius 1 is 0.720 bits per heavy atom. The van der Waals surface area contributed by atoms with Crippen molar-refractivity contribution in [1.82, 2.24) is 0 Å². The number of hydrogen-bond donors (Lipinski definition) is 0. The van der Waals surface area contributed by atoms with Crippen LogP contribution in [0.25, 0.3) is 0 Å². The van der Waals surface area contributed by atoms with Crippen LogP contribution in [0, 0.1) is 0 Å². The molecule has 0 aromatic heterocycles. The molecule has 0 rings (SSSR count). The summed E-state index contributed by atoms with van der Waals surface area (Å²) < 4.78 is 9.05. The van der Waals surface area contributed by atoms with Gasteiger partial charge in [-0.15, -0.1) is 0 Å². The SMILES string of the molecule is CCCCCCCCC=CCCCCCCCCOC(=O)OC(C)=O. The van der Waals surface area contributed by atoms with Gasteiger partial charge in [0.2, 0.25) is 0 Å². The summed E-state index contributed by atoms with van der Waals surface area (Å²) in [6.07, 6.45) is 21.2. The molecular formula is C21H38O4. The molecule has 4 nitrogen and oxygen atoms in total. The Labute approximate surface area is 154 Å². The summed E-state index contributed by atoms with van der Waals surface area (Å²) in [7, 11) is 0. The van der Waals surface area contributed by atoms with Crippen LogP contribution in [0.1, 0.15) is 104 Å². The fraction of sp³-hybridized carbons (Fsp3) is 0.810. The first-order valence-electron chi connectivity index (χ1n) is 10.2. The van der Waals surface area contributed by atoms with Crippen molar-refractivity contribution in [3.05, 3.63) is 12.2 Å². The number of carbonyl (C=O) groups excluding carboxylic acids is 2. The summed E-state index contributed by atoms with van der Waals surface area (Å²) in [6, 6.07) is 0. The van der Waals surface area contributed by atoms with Crippen molar-refractivity contribution in [1.29, 1.82) is 0 Å². The molecule has 0 heterocycles. The van der Waals surface area contributed by atoms with Crippen molar-refractivity contribution in [3.8, 4) is 0 Å². The zero-order chi connectivity index (χ0) is 18.6. The molecule has 0 bridgehead atoms. The number of allylic oxidation sites excluding steroid dienone is 2. The van der Waals surface area contributed by atoms with Gasteiger partial charge in [0, 0.05) is 6.92 Å². The van der Waals surface area contributed by atoms with Crippen LogP contribution in [0.5, 0.6) is 0 Å². The lowest BCUT2D eigenvalue weighted by atomic mass is 10.1. The molecule has 0 unspecified atom stereocenters. The topological polar surface area (TPSA) is 52.6 Å². The van der Waals surface area contributed by atoms with Gasteiger partial charge in [-0.1, -0.05) is 76.9 Å². The average Bonchev–Trinajstić information content (AvgIpc) is 2.57. The van der Waals surface area contributed by atoms with Gasteiger partial charge < -0.3 is 9.47 Å². The molecule has 0 atom stereocenters. The van der Waals surface area contributed by atoms with Gasteiger partial charge in [0.15, 0.2) is 0 Å². The van der Waals surface area contributed by atoms with Crippen molar-refractivity contribution in [3.63, 3.8) is 0 Å². The molecule has 0 fully saturated rings. The largest absolute Gasteiger partial charge is 0.516 e. The van der Waals surface area contributed by atoms with Gasteiger partial charge in [-0.05, 0) is 32.1 Å². The zero-order valence-electron chi connectivity index (χ0n) is 16.4. The molecular weight excluding hydrogens is 316 g/mol. The third kappa shape index (κ3) is 20.6. The minimum absolute atomic E-state index is 0.327. The van der Waals surface area contributed by atoms with Crippen LogP contribution in [0.15, 0.2) is 12.2 Å². The van der Waals surface area contributed by atoms with Gasteiger partial charge in [0.25, 0.3) is 0 Å². The lowest BCUT2D eigenvalue weighted by Gasteiger charge is -2.03. The third-order valence-electron chi connectivity index (χ3n) is 4.10. The van der Waals surface area contributed by atoms with E-state index in [2.05, 4.69) is 23.8 Å². The van der Waals surface area contributed by atoms with Crippen LogP contribution in [0.3, 0.4) is 0 Å². The van der Waals surface area contributed by atoms with Crippen molar-refractivity contribution in [2.24, 2.45) is 0 Å². The molecule has 4 heteroatoms. The molecule has 0 spiro atoms. The van der Waals surface area contributed by atoms with E-state index in [9.17, 15) is 9.59 Å². The maximum atomic E-state index is 10.9. The Balaban J connectivity index is 3.17. The Kier molecular flexibility index (Phi) is 18.0. The van der Waals surface area contributed by atoms with Crippen LogP contribution in [-0.2, 0) is 14.3 Å². The summed E-state index contributed by atoms with van der Waals surface area (Å²) in [6.45, 7) is 3.77. The number of ether oxygens (including phenoxy) is 2. The minimum Gasteiger partial charge on any atom is -0.434 e. The predicted octanol–water partition coefficient (Wildman–Crippen LogP) is 6.72. The quantitative estimate of drug-likeness (QED) is 0.133. The highest BCUT2D eigenvalue weighted by Crippen LogP contribution is 2.10. The third-order valence-corrected chi connectivity index (χ3v) is 4.10. The van der Waals surface area contributed by atoms with Crippen molar-refractivity contribution >= 4 is 12.1 Å². The number of carbonyl (C=O) groups is 2. The molecule has 0 aliphatic carbocycles. The van der Waals surface area contributed by atoms with Crippen LogP contribution >= 0.6 is 0 Å². The summed E-state index contributed by atoms with van der Waals surface area (Å²) in [4.78, 5) is 21.5. The highest BCUT2D eigenvalue weighted by molar-refractivity contribution is 5.79. The Hall–Kier alpha value is -1.32. The standard InChI is InChI=1S/C21H38O4/c1-3-4-5-6-7-8-9-10-11-12-13-14-15-16-17-18-19-24-21(23)25-20(2)22/h10-11H,3-9,12-19H2,1-2H3. The normalized spacial score (nSPS) is 11.0. The van der Waals surface area contributed by atoms with Crippen LogP contribution < -0.4 is 0 Å². The monoisotopic (exact) mass is 354 g/mol. The summed E-state index contributed by atoms with van der Waals surface area (Å²) in [5.74, 6) is -0.633. The highest BCUT2D eigenvalue weighted by Gasteiger charge is 2.05. The van der Waals surface area contributed by atoms with E-state index in [0.29, 0.717) is 6.61 Å². The van der Waals surface area contributed by atoms with E-state index >= 15 is 0 Å². The number of esters is 1. The zero-order valence-corrected chi connectivity index (χ0v) is 16.4. The first-order valence-corrected chi connectivity index (χ1v) is 10.2. The van der Waals surface area contributed by atoms with Crippen molar-refractivity contribution in [2.45, 2.75) is 104 Å². The Bertz CT molecular complexity index is 350. The average molecular weight is 355 g/mol. The van der Waals surface area contributed by atoms with E-state index < -0.39 is 12.1 Å². The first kappa shape index (κ1) is 23.7. The van der Waals surface area contributed by atoms with E-state index in [1.54, 1.807) is 0 Å². The Morgan fingerprint density at radius 3 is 1.72 bits per heavy atom. The molecule has 0 saturated carbocycles. The van der Waals surface area contributed by atoms with E-state index in [4.69, 9.17) is 4.74 Å². The number of rotatable bonds is 16. The van der Waals surface area contributed by atoms with Gasteiger partial charge in [0.05, 0.1) is 6.61 Å². The Morgan fingerprint density at radius 2 is 1.20 bits per heavy atom. The molecule has 25 heavy (non-hydrogen) atoms. The molecule has 0 aromatic carbocycles. The molecule has 0 aliphatic rings. The van der Waals surface area contributed by atoms with Gasteiger partial charge in [-0.2, -0.15) is 0 Å². The van der Waals surface area contributed by atoms with Crippen molar-refractivity contribution in [2.75, 3.05) is 6.61 Å². The molecule has 0 saturated heterocycles. The van der Waals surface area contributed by atoms with Crippen molar-refractivity contribution < 1.29 is 19.1 Å². The lowest BCUT2D eigenvalue weighted by Crippen LogP contribution is -2.11. The molecule has 0 aliphatic heterocycles. The second-order valence-corrected chi connectivity index (χ2v) is 6.63. The molecule has 0 amide bonds. The molecule has 0 aromatic rings. The van der Waals surface area contributed by atoms with Gasteiger partial charge in [-0.3, -0.25) is 4.79 Å². The van der Waals surface area contributed by atoms with E-state index in [1.165, 1.54) is 77.6 Å². The van der Waals surface area contributed by atoms with Gasteiger partial charge >= 0.3 is 12.1 Å². The molecule has 0 N–H and O–H groups in total. The first-order chi connectivity index (χ1) is 12.2. The summed E-state index contributed by atoms with van der Waals surface area (Å²) >= 11 is 0. The maximum absolute atomic E-state index is 10.9. The summed E-state index contributed by atoms with van der Waals surface area (Å²) in [5.41, 5.74) is 0. The van der Waals surface area contributed by atoms with Crippen LogP contribution in [0.4, 0.5) is 4.79 Å². The predicted molar refractivity (Wildman–Crippen MR) is 103 cm³/mol. The minimum atomic E-state index is -0.889. The fourth-order valence-corrected chi connectivity index (χ4v) is 2.65. The van der Waals surface area contributed by atoms with Gasteiger partial charge in [-0.25, -0.2) is 4.79 Å². The number of hydrogen-bond acceptors (Lipinski definition) is 4. The lowest BCUT2D eigenvalue weighted by molar-refractivity contribution is -0.137. The van der Waals surface area contributed by atoms with Crippen LogP contribution in [-0.4, -0.2) is 18.7 Å². The fourth-order valence-electron chi connectivity index (χ4n) is 2.65. The second-order valence-electron chi connectivity index (χ2n) is 6.63. The number of unbranched alkanes of at least 4 members (excludes halogenated alkanes) is 12. The van der Waals surface area contributed by atoms with E-state index in [0.717, 1.165) is 19.3 Å². The van der Waals surface area contributed by atoms with E-state index in [1.807, 2.05) is 0 Å². The molecule has 0 radical (unpaired) electrons. The highest BCUT2D eigenvalue weighted by atomic mass is 16.7.